The number of nitrogens with one attached hydrogen (secondary N) is 1. The second-order valence-electron chi connectivity index (χ2n) is 5.78. The number of benzene rings is 1. The monoisotopic (exact) mass is 356 g/mol. The average molecular weight is 356 g/mol. The molecular weight excluding hydrogens is 336 g/mol. The highest BCUT2D eigenvalue weighted by atomic mass is 16.5. The van der Waals surface area contributed by atoms with Gasteiger partial charge in [0.15, 0.2) is 0 Å². The molecule has 2 heterocycles. The molecule has 8 heteroatoms. The Morgan fingerprint density at radius 3 is 2.50 bits per heavy atom. The van der Waals surface area contributed by atoms with E-state index in [0.717, 1.165) is 13.1 Å². The number of esters is 1. The van der Waals surface area contributed by atoms with Crippen molar-refractivity contribution in [1.82, 2.24) is 9.97 Å². The number of methoxy groups -OCH3 is 1. The zero-order valence-corrected chi connectivity index (χ0v) is 14.7. The lowest BCUT2D eigenvalue weighted by atomic mass is 10.2. The minimum atomic E-state index is -0.426. The van der Waals surface area contributed by atoms with E-state index in [4.69, 9.17) is 4.74 Å². The van der Waals surface area contributed by atoms with E-state index < -0.39 is 5.97 Å². The maximum atomic E-state index is 12.5. The van der Waals surface area contributed by atoms with Crippen LogP contribution in [0.3, 0.4) is 0 Å². The van der Waals surface area contributed by atoms with Crippen molar-refractivity contribution in [2.75, 3.05) is 43.6 Å². The quantitative estimate of drug-likeness (QED) is 0.833. The molecule has 1 N–H and O–H groups in total. The van der Waals surface area contributed by atoms with Gasteiger partial charge in [0.1, 0.15) is 17.3 Å². The van der Waals surface area contributed by atoms with Crippen LogP contribution in [0.15, 0.2) is 30.3 Å². The SMILES string of the molecule is COC(=O)c1ccc(NC(=O)c2cc(N3CCOCC3)nc(C)n2)cc1. The molecule has 0 atom stereocenters. The van der Waals surface area contributed by atoms with Gasteiger partial charge in [-0.25, -0.2) is 14.8 Å². The highest BCUT2D eigenvalue weighted by Gasteiger charge is 2.17. The molecular formula is C18H20N4O4. The number of aromatic nitrogens is 2. The number of hydrogen-bond donors (Lipinski definition) is 1. The van der Waals surface area contributed by atoms with Crippen LogP contribution >= 0.6 is 0 Å². The van der Waals surface area contributed by atoms with E-state index in [2.05, 4.69) is 24.9 Å². The molecule has 1 aliphatic rings. The van der Waals surface area contributed by atoms with Crippen molar-refractivity contribution in [3.63, 3.8) is 0 Å². The number of hydrogen-bond acceptors (Lipinski definition) is 7. The van der Waals surface area contributed by atoms with Crippen LogP contribution in [0.1, 0.15) is 26.7 Å². The number of carbonyl (C=O) groups excluding carboxylic acids is 2. The molecule has 1 amide bonds. The highest BCUT2D eigenvalue weighted by Crippen LogP contribution is 2.16. The van der Waals surface area contributed by atoms with E-state index in [1.165, 1.54) is 7.11 Å². The first kappa shape index (κ1) is 17.8. The predicted octanol–water partition coefficient (Wildman–Crippen LogP) is 1.66. The van der Waals surface area contributed by atoms with Crippen LogP contribution < -0.4 is 10.2 Å². The fourth-order valence-corrected chi connectivity index (χ4v) is 2.63. The molecule has 1 saturated heterocycles. The lowest BCUT2D eigenvalue weighted by molar-refractivity contribution is 0.0600. The molecule has 136 valence electrons. The first-order valence-corrected chi connectivity index (χ1v) is 8.25. The summed E-state index contributed by atoms with van der Waals surface area (Å²) in [6.07, 6.45) is 0. The molecule has 1 aromatic carbocycles. The van der Waals surface area contributed by atoms with Gasteiger partial charge in [0.05, 0.1) is 25.9 Å². The predicted molar refractivity (Wildman–Crippen MR) is 95.5 cm³/mol. The maximum absolute atomic E-state index is 12.5. The smallest absolute Gasteiger partial charge is 0.337 e. The third-order valence-corrected chi connectivity index (χ3v) is 3.96. The summed E-state index contributed by atoms with van der Waals surface area (Å²) in [6, 6.07) is 8.14. The van der Waals surface area contributed by atoms with Crippen LogP contribution in [0.2, 0.25) is 0 Å². The average Bonchev–Trinajstić information content (AvgIpc) is 2.68. The van der Waals surface area contributed by atoms with E-state index >= 15 is 0 Å². The van der Waals surface area contributed by atoms with E-state index in [1.807, 2.05) is 0 Å². The molecule has 0 saturated carbocycles. The zero-order chi connectivity index (χ0) is 18.5. The fraction of sp³-hybridized carbons (Fsp3) is 0.333. The van der Waals surface area contributed by atoms with Crippen molar-refractivity contribution in [2.24, 2.45) is 0 Å². The number of anilines is 2. The number of rotatable bonds is 4. The normalized spacial score (nSPS) is 14.0. The molecule has 0 unspecified atom stereocenters. The van der Waals surface area contributed by atoms with Crippen LogP contribution in [0.25, 0.3) is 0 Å². The van der Waals surface area contributed by atoms with Gasteiger partial charge in [-0.3, -0.25) is 4.79 Å². The van der Waals surface area contributed by atoms with Crippen LogP contribution in [0, 0.1) is 6.92 Å². The molecule has 1 aromatic heterocycles. The molecule has 2 aromatic rings. The first-order chi connectivity index (χ1) is 12.6. The van der Waals surface area contributed by atoms with Gasteiger partial charge in [-0.2, -0.15) is 0 Å². The third kappa shape index (κ3) is 4.15. The molecule has 26 heavy (non-hydrogen) atoms. The molecule has 3 rings (SSSR count). The number of nitrogens with zero attached hydrogens (tertiary/aromatic N) is 3. The molecule has 0 aliphatic carbocycles. The highest BCUT2D eigenvalue weighted by molar-refractivity contribution is 6.03. The number of amides is 1. The Morgan fingerprint density at radius 1 is 1.15 bits per heavy atom. The van der Waals surface area contributed by atoms with Crippen LogP contribution in [0.5, 0.6) is 0 Å². The Bertz CT molecular complexity index is 801. The van der Waals surface area contributed by atoms with Crippen LogP contribution in [-0.2, 0) is 9.47 Å². The minimum Gasteiger partial charge on any atom is -0.465 e. The van der Waals surface area contributed by atoms with Crippen molar-refractivity contribution >= 4 is 23.4 Å². The third-order valence-electron chi connectivity index (χ3n) is 3.96. The first-order valence-electron chi connectivity index (χ1n) is 8.25. The topological polar surface area (TPSA) is 93.7 Å². The molecule has 0 bridgehead atoms. The van der Waals surface area contributed by atoms with E-state index in [0.29, 0.717) is 36.1 Å². The van der Waals surface area contributed by atoms with Crippen molar-refractivity contribution in [2.45, 2.75) is 6.92 Å². The Balaban J connectivity index is 1.75. The van der Waals surface area contributed by atoms with E-state index in [1.54, 1.807) is 37.3 Å². The second-order valence-corrected chi connectivity index (χ2v) is 5.78. The lowest BCUT2D eigenvalue weighted by Crippen LogP contribution is -2.37. The van der Waals surface area contributed by atoms with Gasteiger partial charge in [0, 0.05) is 24.8 Å². The summed E-state index contributed by atoms with van der Waals surface area (Å²) in [5.41, 5.74) is 1.26. The Labute approximate surface area is 151 Å². The summed E-state index contributed by atoms with van der Waals surface area (Å²) < 4.78 is 10.00. The van der Waals surface area contributed by atoms with E-state index in [9.17, 15) is 9.59 Å². The zero-order valence-electron chi connectivity index (χ0n) is 14.7. The minimum absolute atomic E-state index is 0.288. The van der Waals surface area contributed by atoms with Crippen molar-refractivity contribution in [3.8, 4) is 0 Å². The van der Waals surface area contributed by atoms with Crippen LogP contribution in [-0.4, -0.2) is 55.3 Å². The Kier molecular flexibility index (Phi) is 5.43. The lowest BCUT2D eigenvalue weighted by Gasteiger charge is -2.28. The summed E-state index contributed by atoms with van der Waals surface area (Å²) >= 11 is 0. The number of ether oxygens (including phenoxy) is 2. The number of carbonyl (C=O) groups is 2. The van der Waals surface area contributed by atoms with Crippen molar-refractivity contribution in [3.05, 3.63) is 47.4 Å². The van der Waals surface area contributed by atoms with Gasteiger partial charge in [-0.15, -0.1) is 0 Å². The molecule has 0 radical (unpaired) electrons. The Morgan fingerprint density at radius 2 is 1.85 bits per heavy atom. The van der Waals surface area contributed by atoms with Gasteiger partial charge in [-0.05, 0) is 31.2 Å². The summed E-state index contributed by atoms with van der Waals surface area (Å²) in [5, 5.41) is 2.78. The van der Waals surface area contributed by atoms with Crippen molar-refractivity contribution in [1.29, 1.82) is 0 Å². The fourth-order valence-electron chi connectivity index (χ4n) is 2.63. The van der Waals surface area contributed by atoms with Gasteiger partial charge < -0.3 is 19.7 Å². The number of aryl methyl sites for hydroxylation is 1. The number of morpholine rings is 1. The Hall–Kier alpha value is -3.00. The largest absolute Gasteiger partial charge is 0.465 e. The summed E-state index contributed by atoms with van der Waals surface area (Å²) in [6.45, 7) is 4.49. The van der Waals surface area contributed by atoms with Gasteiger partial charge in [-0.1, -0.05) is 0 Å². The molecule has 1 fully saturated rings. The van der Waals surface area contributed by atoms with Crippen molar-refractivity contribution < 1.29 is 19.1 Å². The maximum Gasteiger partial charge on any atom is 0.337 e. The molecule has 1 aliphatic heterocycles. The van der Waals surface area contributed by atoms with Gasteiger partial charge in [0.2, 0.25) is 0 Å². The summed E-state index contributed by atoms with van der Waals surface area (Å²) in [4.78, 5) is 34.7. The van der Waals surface area contributed by atoms with Gasteiger partial charge >= 0.3 is 5.97 Å². The standard InChI is InChI=1S/C18H20N4O4/c1-12-19-15(11-16(20-12)22-7-9-26-10-8-22)17(23)21-14-5-3-13(4-6-14)18(24)25-2/h3-6,11H,7-10H2,1-2H3,(H,21,23). The summed E-state index contributed by atoms with van der Waals surface area (Å²) in [7, 11) is 1.32. The molecule has 8 nitrogen and oxygen atoms in total. The molecule has 0 spiro atoms. The second kappa shape index (κ2) is 7.92. The van der Waals surface area contributed by atoms with E-state index in [-0.39, 0.29) is 11.6 Å². The van der Waals surface area contributed by atoms with Crippen LogP contribution in [0.4, 0.5) is 11.5 Å². The summed E-state index contributed by atoms with van der Waals surface area (Å²) in [5.74, 6) is 0.479. The van der Waals surface area contributed by atoms with Gasteiger partial charge in [0.25, 0.3) is 5.91 Å².